The van der Waals surface area contributed by atoms with Gasteiger partial charge in [0.15, 0.2) is 5.54 Å². The first-order chi connectivity index (χ1) is 14.9. The number of hydrogen-bond acceptors (Lipinski definition) is 6. The Kier molecular flexibility index (Phi) is 6.87. The summed E-state index contributed by atoms with van der Waals surface area (Å²) in [5, 5.41) is 0. The number of nitrogens with zero attached hydrogens (tertiary/aromatic N) is 2. The lowest BCUT2D eigenvalue weighted by atomic mass is 9.93. The van der Waals surface area contributed by atoms with Gasteiger partial charge in [0.2, 0.25) is 0 Å². The van der Waals surface area contributed by atoms with Crippen LogP contribution in [0.4, 0.5) is 0 Å². The molecule has 31 heavy (non-hydrogen) atoms. The fourth-order valence-corrected chi connectivity index (χ4v) is 3.55. The summed E-state index contributed by atoms with van der Waals surface area (Å²) in [4.78, 5) is 42.3. The van der Waals surface area contributed by atoms with Crippen molar-refractivity contribution in [3.8, 4) is 5.75 Å². The smallest absolute Gasteiger partial charge is 0.336 e. The van der Waals surface area contributed by atoms with Crippen LogP contribution in [0, 0.1) is 0 Å². The van der Waals surface area contributed by atoms with Crippen LogP contribution in [0.1, 0.15) is 22.8 Å². The van der Waals surface area contributed by atoms with Crippen LogP contribution < -0.4 is 4.74 Å². The van der Waals surface area contributed by atoms with E-state index in [1.807, 2.05) is 24.3 Å². The van der Waals surface area contributed by atoms with Gasteiger partial charge in [0.25, 0.3) is 11.8 Å². The number of carbonyl (C=O) groups excluding carboxylic acids is 3. The van der Waals surface area contributed by atoms with Crippen LogP contribution in [-0.2, 0) is 20.9 Å². The third-order valence-electron chi connectivity index (χ3n) is 5.42. The van der Waals surface area contributed by atoms with E-state index < -0.39 is 23.3 Å². The van der Waals surface area contributed by atoms with E-state index in [0.717, 1.165) is 10.5 Å². The van der Waals surface area contributed by atoms with Crippen molar-refractivity contribution in [2.45, 2.75) is 19.0 Å². The van der Waals surface area contributed by atoms with E-state index in [1.165, 1.54) is 13.0 Å². The quantitative estimate of drug-likeness (QED) is 0.296. The molecular weight excluding hydrogens is 396 g/mol. The molecule has 7 heteroatoms. The van der Waals surface area contributed by atoms with Crippen LogP contribution in [0.15, 0.2) is 67.3 Å². The summed E-state index contributed by atoms with van der Waals surface area (Å²) in [5.41, 5.74) is -0.355. The van der Waals surface area contributed by atoms with Gasteiger partial charge in [-0.05, 0) is 36.8 Å². The summed E-state index contributed by atoms with van der Waals surface area (Å²) in [5.74, 6) is -1.03. The molecule has 0 aromatic heterocycles. The lowest BCUT2D eigenvalue weighted by Gasteiger charge is -2.45. The molecule has 0 N–H and O–H groups in total. The number of ether oxygens (including phenoxy) is 2. The van der Waals surface area contributed by atoms with Gasteiger partial charge in [-0.1, -0.05) is 43.0 Å². The molecule has 0 bridgehead atoms. The highest BCUT2D eigenvalue weighted by Gasteiger charge is 2.54. The molecule has 0 saturated carbocycles. The second-order valence-electron chi connectivity index (χ2n) is 7.36. The van der Waals surface area contributed by atoms with E-state index in [1.54, 1.807) is 42.3 Å². The molecule has 0 aliphatic carbocycles. The maximum Gasteiger partial charge on any atom is 0.336 e. The molecule has 7 nitrogen and oxygen atoms in total. The third kappa shape index (κ3) is 4.51. The number of methoxy groups -OCH3 is 1. The van der Waals surface area contributed by atoms with Crippen LogP contribution in [0.2, 0.25) is 0 Å². The zero-order valence-corrected chi connectivity index (χ0v) is 17.7. The van der Waals surface area contributed by atoms with Gasteiger partial charge in [-0.3, -0.25) is 19.4 Å². The van der Waals surface area contributed by atoms with E-state index in [4.69, 9.17) is 9.47 Å². The first-order valence-electron chi connectivity index (χ1n) is 9.99. The van der Waals surface area contributed by atoms with E-state index >= 15 is 0 Å². The van der Waals surface area contributed by atoms with E-state index in [-0.39, 0.29) is 13.2 Å². The standard InChI is InChI=1S/C24H26N2O5/c1-4-16-31-23(29)24(2)22(28)26(21(27)19-8-6-5-7-9-19)15-14-25(24)17-18-10-12-20(30-3)13-11-18/h4-13H,1,14-17H2,2-3H3. The molecule has 162 valence electrons. The van der Waals surface area contributed by atoms with Crippen molar-refractivity contribution in [1.82, 2.24) is 9.80 Å². The van der Waals surface area contributed by atoms with Gasteiger partial charge in [0.1, 0.15) is 12.4 Å². The van der Waals surface area contributed by atoms with Crippen LogP contribution in [0.25, 0.3) is 0 Å². The zero-order chi connectivity index (χ0) is 22.4. The number of amides is 2. The predicted molar refractivity (Wildman–Crippen MR) is 115 cm³/mol. The molecule has 1 unspecified atom stereocenters. The first-order valence-corrected chi connectivity index (χ1v) is 9.99. The van der Waals surface area contributed by atoms with Crippen LogP contribution in [-0.4, -0.2) is 59.9 Å². The topological polar surface area (TPSA) is 76.2 Å². The predicted octanol–water partition coefficient (Wildman–Crippen LogP) is 2.67. The van der Waals surface area contributed by atoms with Crippen molar-refractivity contribution in [2.24, 2.45) is 0 Å². The van der Waals surface area contributed by atoms with Crippen molar-refractivity contribution in [3.63, 3.8) is 0 Å². The lowest BCUT2D eigenvalue weighted by Crippen LogP contribution is -2.69. The molecule has 0 radical (unpaired) electrons. The molecule has 1 aliphatic heterocycles. The number of benzene rings is 2. The van der Waals surface area contributed by atoms with Crippen LogP contribution in [0.3, 0.4) is 0 Å². The minimum absolute atomic E-state index is 0.0231. The minimum atomic E-state index is -1.65. The van der Waals surface area contributed by atoms with Gasteiger partial charge < -0.3 is 9.47 Å². The molecule has 1 fully saturated rings. The van der Waals surface area contributed by atoms with Crippen LogP contribution in [0.5, 0.6) is 5.75 Å². The number of esters is 1. The highest BCUT2D eigenvalue weighted by Crippen LogP contribution is 2.28. The number of imide groups is 1. The summed E-state index contributed by atoms with van der Waals surface area (Å²) in [6.07, 6.45) is 1.44. The van der Waals surface area contributed by atoms with E-state index in [9.17, 15) is 14.4 Å². The van der Waals surface area contributed by atoms with Gasteiger partial charge in [0.05, 0.1) is 7.11 Å². The highest BCUT2D eigenvalue weighted by atomic mass is 16.5. The first kappa shape index (κ1) is 22.2. The Hall–Kier alpha value is -3.45. The SMILES string of the molecule is C=CCOC(=O)C1(C)C(=O)N(C(=O)c2ccccc2)CCN1Cc1ccc(OC)cc1. The normalized spacial score (nSPS) is 19.0. The summed E-state index contributed by atoms with van der Waals surface area (Å²) in [7, 11) is 1.59. The number of hydrogen-bond donors (Lipinski definition) is 0. The summed E-state index contributed by atoms with van der Waals surface area (Å²) >= 11 is 0. The molecule has 2 aromatic carbocycles. The van der Waals surface area contributed by atoms with Gasteiger partial charge >= 0.3 is 5.97 Å². The Morgan fingerprint density at radius 2 is 1.77 bits per heavy atom. The van der Waals surface area contributed by atoms with Gasteiger partial charge in [0, 0.05) is 25.2 Å². The average Bonchev–Trinajstić information content (AvgIpc) is 2.81. The minimum Gasteiger partial charge on any atom is -0.497 e. The Labute approximate surface area is 181 Å². The Morgan fingerprint density at radius 3 is 2.39 bits per heavy atom. The molecule has 3 rings (SSSR count). The summed E-state index contributed by atoms with van der Waals surface area (Å²) in [6.45, 7) is 5.88. The number of carbonyl (C=O) groups is 3. The van der Waals surface area contributed by atoms with Crippen LogP contribution >= 0.6 is 0 Å². The van der Waals surface area contributed by atoms with Crippen molar-refractivity contribution in [1.29, 1.82) is 0 Å². The number of piperazine rings is 1. The molecule has 1 heterocycles. The maximum absolute atomic E-state index is 13.5. The highest BCUT2D eigenvalue weighted by molar-refractivity contribution is 6.15. The maximum atomic E-state index is 13.5. The zero-order valence-electron chi connectivity index (χ0n) is 17.7. The fourth-order valence-electron chi connectivity index (χ4n) is 3.55. The molecule has 2 aromatic rings. The van der Waals surface area contributed by atoms with Gasteiger partial charge in [-0.15, -0.1) is 0 Å². The number of rotatable bonds is 7. The fraction of sp³-hybridized carbons (Fsp3) is 0.292. The lowest BCUT2D eigenvalue weighted by molar-refractivity contribution is -0.169. The molecule has 1 saturated heterocycles. The summed E-state index contributed by atoms with van der Waals surface area (Å²) < 4.78 is 10.5. The molecular formula is C24H26N2O5. The van der Waals surface area contributed by atoms with Gasteiger partial charge in [-0.2, -0.15) is 0 Å². The monoisotopic (exact) mass is 422 g/mol. The van der Waals surface area contributed by atoms with Crippen molar-refractivity contribution >= 4 is 17.8 Å². The Bertz CT molecular complexity index is 958. The van der Waals surface area contributed by atoms with Gasteiger partial charge in [-0.25, -0.2) is 4.79 Å². The molecule has 1 aliphatic rings. The second kappa shape index (κ2) is 9.57. The molecule has 1 atom stereocenters. The van der Waals surface area contributed by atoms with Crippen molar-refractivity contribution in [3.05, 3.63) is 78.4 Å². The third-order valence-corrected chi connectivity index (χ3v) is 5.42. The van der Waals surface area contributed by atoms with Crippen molar-refractivity contribution < 1.29 is 23.9 Å². The van der Waals surface area contributed by atoms with Crippen molar-refractivity contribution in [2.75, 3.05) is 26.8 Å². The Morgan fingerprint density at radius 1 is 1.10 bits per heavy atom. The summed E-state index contributed by atoms with van der Waals surface area (Å²) in [6, 6.07) is 15.9. The molecule has 2 amide bonds. The molecule has 0 spiro atoms. The average molecular weight is 422 g/mol. The Balaban J connectivity index is 1.90. The largest absolute Gasteiger partial charge is 0.497 e. The second-order valence-corrected chi connectivity index (χ2v) is 7.36. The van der Waals surface area contributed by atoms with E-state index in [0.29, 0.717) is 24.4 Å². The van der Waals surface area contributed by atoms with E-state index in [2.05, 4.69) is 6.58 Å².